The highest BCUT2D eigenvalue weighted by Crippen LogP contribution is 2.41. The Morgan fingerprint density at radius 2 is 1.87 bits per heavy atom. The first-order valence-electron chi connectivity index (χ1n) is 8.89. The third-order valence-corrected chi connectivity index (χ3v) is 5.15. The molecule has 1 aromatic carbocycles. The minimum absolute atomic E-state index is 0.0125. The summed E-state index contributed by atoms with van der Waals surface area (Å²) in [7, 11) is 0. The van der Waals surface area contributed by atoms with Gasteiger partial charge in [0, 0.05) is 25.2 Å². The van der Waals surface area contributed by atoms with E-state index >= 15 is 0 Å². The van der Waals surface area contributed by atoms with E-state index < -0.39 is 29.2 Å². The van der Waals surface area contributed by atoms with Crippen molar-refractivity contribution in [2.45, 2.75) is 37.5 Å². The van der Waals surface area contributed by atoms with Crippen molar-refractivity contribution in [1.82, 2.24) is 9.55 Å². The molecule has 1 aromatic heterocycles. The zero-order chi connectivity index (χ0) is 22.4. The first kappa shape index (κ1) is 22.1. The van der Waals surface area contributed by atoms with Crippen LogP contribution in [-0.4, -0.2) is 45.9 Å². The number of halogens is 5. The first-order chi connectivity index (χ1) is 13.9. The number of nitrogens with two attached hydrogens (primary N) is 1. The summed E-state index contributed by atoms with van der Waals surface area (Å²) in [5.41, 5.74) is 5.33. The molecular weight excluding hydrogens is 436 g/mol. The van der Waals surface area contributed by atoms with E-state index in [1.165, 1.54) is 4.57 Å². The number of nitrogens with one attached hydrogen (secondary N) is 1. The van der Waals surface area contributed by atoms with Crippen molar-refractivity contribution >= 4 is 34.2 Å². The Labute approximate surface area is 170 Å². The molecule has 4 rings (SSSR count). The van der Waals surface area contributed by atoms with Crippen molar-refractivity contribution in [2.24, 2.45) is 5.73 Å². The van der Waals surface area contributed by atoms with Gasteiger partial charge in [0.2, 0.25) is 0 Å². The van der Waals surface area contributed by atoms with E-state index in [1.54, 1.807) is 4.90 Å². The molecule has 13 heteroatoms. The molecule has 8 nitrogen and oxygen atoms in total. The van der Waals surface area contributed by atoms with Crippen LogP contribution in [0.1, 0.15) is 25.3 Å². The van der Waals surface area contributed by atoms with Crippen LogP contribution in [0.2, 0.25) is 5.02 Å². The van der Waals surface area contributed by atoms with Gasteiger partial charge >= 0.3 is 17.8 Å². The molecule has 0 spiro atoms. The van der Waals surface area contributed by atoms with Gasteiger partial charge in [0.15, 0.2) is 0 Å². The Hall–Kier alpha value is -2.60. The van der Waals surface area contributed by atoms with Crippen molar-refractivity contribution in [3.8, 4) is 0 Å². The lowest BCUT2D eigenvalue weighted by Gasteiger charge is -2.22. The zero-order valence-electron chi connectivity index (χ0n) is 15.3. The number of benzene rings is 1. The number of H-pyrrole nitrogens is 1. The number of fused-ring (bicyclic) bond motifs is 1. The number of aromatic amines is 1. The van der Waals surface area contributed by atoms with E-state index in [1.807, 2.05) is 0 Å². The second-order valence-electron chi connectivity index (χ2n) is 7.08. The van der Waals surface area contributed by atoms with Gasteiger partial charge in [-0.2, -0.15) is 13.2 Å². The summed E-state index contributed by atoms with van der Waals surface area (Å²) in [4.78, 5) is 37.2. The summed E-state index contributed by atoms with van der Waals surface area (Å²) in [5, 5.41) is 7.34. The number of hydrogen-bond donors (Lipinski definition) is 3. The van der Waals surface area contributed by atoms with Crippen LogP contribution >= 0.6 is 11.6 Å². The van der Waals surface area contributed by atoms with Gasteiger partial charge in [-0.05, 0) is 25.3 Å². The van der Waals surface area contributed by atoms with Gasteiger partial charge in [-0.1, -0.05) is 11.6 Å². The second kappa shape index (κ2) is 7.91. The molecule has 164 valence electrons. The van der Waals surface area contributed by atoms with Crippen LogP contribution in [0.3, 0.4) is 0 Å². The van der Waals surface area contributed by atoms with E-state index in [9.17, 15) is 27.2 Å². The molecule has 0 bridgehead atoms. The van der Waals surface area contributed by atoms with Crippen molar-refractivity contribution in [2.75, 3.05) is 18.0 Å². The number of rotatable bonds is 2. The molecule has 0 unspecified atom stereocenters. The molecule has 2 aliphatic rings. The van der Waals surface area contributed by atoms with Gasteiger partial charge < -0.3 is 15.7 Å². The van der Waals surface area contributed by atoms with Crippen molar-refractivity contribution in [3.63, 3.8) is 0 Å². The third kappa shape index (κ3) is 4.29. The van der Waals surface area contributed by atoms with Crippen LogP contribution in [0.25, 0.3) is 10.9 Å². The number of carboxylic acid groups (broad SMARTS) is 1. The van der Waals surface area contributed by atoms with Crippen LogP contribution in [0.4, 0.5) is 23.2 Å². The molecule has 1 aliphatic carbocycles. The number of nitrogens with zero attached hydrogens (tertiary/aromatic N) is 2. The lowest BCUT2D eigenvalue weighted by Crippen LogP contribution is -2.31. The minimum Gasteiger partial charge on any atom is -0.475 e. The van der Waals surface area contributed by atoms with Crippen LogP contribution in [-0.2, 0) is 4.79 Å². The number of alkyl halides is 3. The molecule has 1 saturated carbocycles. The molecule has 0 radical (unpaired) electrons. The van der Waals surface area contributed by atoms with E-state index in [4.69, 9.17) is 27.2 Å². The Bertz CT molecular complexity index is 1110. The van der Waals surface area contributed by atoms with E-state index in [2.05, 4.69) is 4.98 Å². The Balaban J connectivity index is 0.000000318. The summed E-state index contributed by atoms with van der Waals surface area (Å²) in [6.07, 6.45) is -2.64. The largest absolute Gasteiger partial charge is 0.490 e. The molecule has 1 atom stereocenters. The molecule has 2 fully saturated rings. The maximum Gasteiger partial charge on any atom is 0.490 e. The highest BCUT2D eigenvalue weighted by molar-refractivity contribution is 6.38. The number of aromatic nitrogens is 2. The van der Waals surface area contributed by atoms with Crippen molar-refractivity contribution in [1.29, 1.82) is 0 Å². The number of aliphatic carboxylic acids is 1. The predicted octanol–water partition coefficient (Wildman–Crippen LogP) is 1.99. The van der Waals surface area contributed by atoms with Crippen LogP contribution in [0.5, 0.6) is 0 Å². The SMILES string of the molecule is N[C@H]1CCN(c2c(F)cc3c(=O)[nH]c(=O)n(C4CC4)c3c2Cl)C1.O=C(O)C(F)(F)F. The van der Waals surface area contributed by atoms with E-state index in [-0.39, 0.29) is 28.2 Å². The average Bonchev–Trinajstić information content (AvgIpc) is 3.37. The maximum atomic E-state index is 14.6. The normalized spacial score (nSPS) is 19.0. The Morgan fingerprint density at radius 1 is 1.27 bits per heavy atom. The minimum atomic E-state index is -5.08. The first-order valence-corrected chi connectivity index (χ1v) is 9.26. The summed E-state index contributed by atoms with van der Waals surface area (Å²) < 4.78 is 47.8. The standard InChI is InChI=1S/C15H16ClFN4O2.C2HF3O2/c16-11-12-9(14(22)19-15(23)21(12)8-1-2-8)5-10(17)13(11)20-4-3-7(18)6-20;3-2(4,5)1(6)7/h5,7-8H,1-4,6,18H2,(H,19,22,23);(H,6,7)/t7-;/m0./s1. The molecule has 30 heavy (non-hydrogen) atoms. The van der Waals surface area contributed by atoms with Gasteiger partial charge in [0.25, 0.3) is 5.56 Å². The second-order valence-corrected chi connectivity index (χ2v) is 7.45. The summed E-state index contributed by atoms with van der Waals surface area (Å²) >= 11 is 6.46. The number of carbonyl (C=O) groups is 1. The molecule has 0 amide bonds. The summed E-state index contributed by atoms with van der Waals surface area (Å²) in [6, 6.07) is 1.14. The van der Waals surface area contributed by atoms with Crippen molar-refractivity contribution < 1.29 is 27.5 Å². The van der Waals surface area contributed by atoms with Gasteiger partial charge in [0.1, 0.15) is 5.82 Å². The number of hydrogen-bond acceptors (Lipinski definition) is 5. The highest BCUT2D eigenvalue weighted by Gasteiger charge is 2.38. The zero-order valence-corrected chi connectivity index (χ0v) is 16.1. The van der Waals surface area contributed by atoms with Gasteiger partial charge in [0.05, 0.1) is 21.6 Å². The topological polar surface area (TPSA) is 121 Å². The lowest BCUT2D eigenvalue weighted by molar-refractivity contribution is -0.192. The fourth-order valence-electron chi connectivity index (χ4n) is 3.29. The summed E-state index contributed by atoms with van der Waals surface area (Å²) in [6.45, 7) is 1.10. The lowest BCUT2D eigenvalue weighted by atomic mass is 10.2. The fourth-order valence-corrected chi connectivity index (χ4v) is 3.70. The number of anilines is 1. The molecule has 2 aromatic rings. The maximum absolute atomic E-state index is 14.6. The van der Waals surface area contributed by atoms with Crippen molar-refractivity contribution in [3.05, 3.63) is 37.7 Å². The third-order valence-electron chi connectivity index (χ3n) is 4.79. The van der Waals surface area contributed by atoms with Gasteiger partial charge in [-0.25, -0.2) is 14.0 Å². The highest BCUT2D eigenvalue weighted by atomic mass is 35.5. The Kier molecular flexibility index (Phi) is 5.83. The number of carboxylic acids is 1. The van der Waals surface area contributed by atoms with Crippen LogP contribution in [0, 0.1) is 5.82 Å². The average molecular weight is 453 g/mol. The van der Waals surface area contributed by atoms with E-state index in [0.29, 0.717) is 18.6 Å². The molecule has 2 heterocycles. The molecule has 1 aliphatic heterocycles. The fraction of sp³-hybridized carbons (Fsp3) is 0.471. The smallest absolute Gasteiger partial charge is 0.475 e. The summed E-state index contributed by atoms with van der Waals surface area (Å²) in [5.74, 6) is -3.32. The quantitative estimate of drug-likeness (QED) is 0.599. The monoisotopic (exact) mass is 452 g/mol. The predicted molar refractivity (Wildman–Crippen MR) is 101 cm³/mol. The Morgan fingerprint density at radius 3 is 2.33 bits per heavy atom. The van der Waals surface area contributed by atoms with Gasteiger partial charge in [-0.15, -0.1) is 0 Å². The van der Waals surface area contributed by atoms with Gasteiger partial charge in [-0.3, -0.25) is 14.3 Å². The van der Waals surface area contributed by atoms with Crippen LogP contribution < -0.4 is 21.9 Å². The molecular formula is C17H17ClF4N4O4. The molecule has 1 saturated heterocycles. The van der Waals surface area contributed by atoms with Crippen LogP contribution in [0.15, 0.2) is 15.7 Å². The molecule has 4 N–H and O–H groups in total. The van der Waals surface area contributed by atoms with E-state index in [0.717, 1.165) is 25.3 Å².